The minimum absolute atomic E-state index is 0.0755. The first-order chi connectivity index (χ1) is 8.81. The zero-order valence-electron chi connectivity index (χ0n) is 10.8. The fourth-order valence-electron chi connectivity index (χ4n) is 1.48. The van der Waals surface area contributed by atoms with Crippen molar-refractivity contribution < 1.29 is 18.1 Å². The summed E-state index contributed by atoms with van der Waals surface area (Å²) in [6, 6.07) is 4.32. The average molecular weight is 288 g/mol. The number of nitrogens with one attached hydrogen (secondary N) is 1. The second-order valence-electron chi connectivity index (χ2n) is 4.09. The number of rotatable bonds is 7. The van der Waals surface area contributed by atoms with Gasteiger partial charge in [-0.2, -0.15) is 0 Å². The summed E-state index contributed by atoms with van der Waals surface area (Å²) < 4.78 is 26.9. The Morgan fingerprint density at radius 1 is 1.37 bits per heavy atom. The monoisotopic (exact) mass is 288 g/mol. The Morgan fingerprint density at radius 2 is 2.05 bits per heavy atom. The Labute approximate surface area is 111 Å². The van der Waals surface area contributed by atoms with Crippen molar-refractivity contribution in [1.29, 1.82) is 0 Å². The van der Waals surface area contributed by atoms with Crippen LogP contribution in [0.5, 0.6) is 5.75 Å². The summed E-state index contributed by atoms with van der Waals surface area (Å²) in [5, 5.41) is 13.7. The molecular formula is C11H16N2O5S. The third kappa shape index (κ3) is 5.56. The minimum Gasteiger partial charge on any atom is -0.496 e. The largest absolute Gasteiger partial charge is 0.496 e. The molecule has 1 rings (SSSR count). The van der Waals surface area contributed by atoms with Crippen LogP contribution in [0, 0.1) is 10.1 Å². The highest BCUT2D eigenvalue weighted by molar-refractivity contribution is 7.90. The van der Waals surface area contributed by atoms with Gasteiger partial charge in [-0.1, -0.05) is 0 Å². The van der Waals surface area contributed by atoms with Crippen molar-refractivity contribution in [3.63, 3.8) is 0 Å². The summed E-state index contributed by atoms with van der Waals surface area (Å²) in [6.07, 6.45) is 1.60. The van der Waals surface area contributed by atoms with Gasteiger partial charge in [0.15, 0.2) is 0 Å². The van der Waals surface area contributed by atoms with E-state index in [0.717, 1.165) is 0 Å². The van der Waals surface area contributed by atoms with E-state index in [1.54, 1.807) is 6.07 Å². The van der Waals surface area contributed by atoms with Crippen LogP contribution in [0.1, 0.15) is 6.42 Å². The molecule has 1 aromatic rings. The number of nitro groups is 1. The van der Waals surface area contributed by atoms with E-state index in [4.69, 9.17) is 4.74 Å². The molecule has 7 nitrogen and oxygen atoms in total. The second kappa shape index (κ2) is 6.37. The molecule has 0 aliphatic carbocycles. The summed E-state index contributed by atoms with van der Waals surface area (Å²) in [5.74, 6) is 0.450. The van der Waals surface area contributed by atoms with Gasteiger partial charge in [0.2, 0.25) is 0 Å². The van der Waals surface area contributed by atoms with E-state index in [2.05, 4.69) is 5.32 Å². The van der Waals surface area contributed by atoms with Gasteiger partial charge in [0.05, 0.1) is 23.9 Å². The van der Waals surface area contributed by atoms with Crippen LogP contribution >= 0.6 is 0 Å². The number of hydrogen-bond acceptors (Lipinski definition) is 6. The maximum absolute atomic E-state index is 10.9. The lowest BCUT2D eigenvalue weighted by Gasteiger charge is -2.08. The molecule has 0 fully saturated rings. The molecule has 0 spiro atoms. The van der Waals surface area contributed by atoms with Crippen LogP contribution in [0.2, 0.25) is 0 Å². The lowest BCUT2D eigenvalue weighted by molar-refractivity contribution is -0.384. The molecule has 19 heavy (non-hydrogen) atoms. The Morgan fingerprint density at radius 3 is 2.58 bits per heavy atom. The van der Waals surface area contributed by atoms with E-state index in [-0.39, 0.29) is 11.4 Å². The topological polar surface area (TPSA) is 98.5 Å². The zero-order valence-corrected chi connectivity index (χ0v) is 11.6. The van der Waals surface area contributed by atoms with Gasteiger partial charge in [-0.15, -0.1) is 0 Å². The number of ether oxygens (including phenoxy) is 1. The third-order valence-electron chi connectivity index (χ3n) is 2.36. The van der Waals surface area contributed by atoms with Crippen molar-refractivity contribution in [1.82, 2.24) is 0 Å². The number of nitro benzene ring substituents is 1. The van der Waals surface area contributed by atoms with Crippen LogP contribution in [0.15, 0.2) is 18.2 Å². The van der Waals surface area contributed by atoms with Crippen molar-refractivity contribution in [3.8, 4) is 5.75 Å². The molecule has 0 heterocycles. The number of non-ortho nitro benzene ring substituents is 1. The fourth-order valence-corrected chi connectivity index (χ4v) is 2.14. The Hall–Kier alpha value is -1.83. The first-order valence-electron chi connectivity index (χ1n) is 5.57. The van der Waals surface area contributed by atoms with Gasteiger partial charge in [0.25, 0.3) is 5.69 Å². The fraction of sp³-hybridized carbons (Fsp3) is 0.455. The predicted octanol–water partition coefficient (Wildman–Crippen LogP) is 1.45. The predicted molar refractivity (Wildman–Crippen MR) is 72.5 cm³/mol. The lowest BCUT2D eigenvalue weighted by atomic mass is 10.2. The van der Waals surface area contributed by atoms with Crippen molar-refractivity contribution in [2.24, 2.45) is 0 Å². The highest BCUT2D eigenvalue weighted by Gasteiger charge is 2.10. The number of anilines is 1. The van der Waals surface area contributed by atoms with Crippen LogP contribution in [0.4, 0.5) is 11.4 Å². The summed E-state index contributed by atoms with van der Waals surface area (Å²) >= 11 is 0. The van der Waals surface area contributed by atoms with Crippen LogP contribution < -0.4 is 10.1 Å². The molecule has 0 saturated heterocycles. The molecule has 0 bridgehead atoms. The smallest absolute Gasteiger partial charge is 0.275 e. The van der Waals surface area contributed by atoms with Crippen LogP contribution in [-0.4, -0.2) is 39.0 Å². The molecule has 1 aromatic carbocycles. The summed E-state index contributed by atoms with van der Waals surface area (Å²) in [4.78, 5) is 10.2. The quantitative estimate of drug-likeness (QED) is 0.463. The van der Waals surface area contributed by atoms with E-state index in [0.29, 0.717) is 24.4 Å². The van der Waals surface area contributed by atoms with E-state index < -0.39 is 14.8 Å². The standard InChI is InChI=1S/C11H16N2O5S/c1-18-11-7-9(6-10(8-11)13(14)15)12-4-3-5-19(2,16)17/h6-8,12H,3-5H2,1-2H3. The zero-order chi connectivity index (χ0) is 14.5. The molecule has 0 radical (unpaired) electrons. The lowest BCUT2D eigenvalue weighted by Crippen LogP contribution is -2.09. The van der Waals surface area contributed by atoms with Gasteiger partial charge >= 0.3 is 0 Å². The van der Waals surface area contributed by atoms with Crippen molar-refractivity contribution in [2.45, 2.75) is 6.42 Å². The van der Waals surface area contributed by atoms with Crippen LogP contribution in [0.3, 0.4) is 0 Å². The maximum atomic E-state index is 10.9. The molecule has 0 aliphatic rings. The third-order valence-corrected chi connectivity index (χ3v) is 3.39. The first-order valence-corrected chi connectivity index (χ1v) is 7.63. The highest BCUT2D eigenvalue weighted by atomic mass is 32.2. The average Bonchev–Trinajstić information content (AvgIpc) is 2.33. The highest BCUT2D eigenvalue weighted by Crippen LogP contribution is 2.25. The SMILES string of the molecule is COc1cc(NCCCS(C)(=O)=O)cc([N+](=O)[O-])c1. The molecule has 0 unspecified atom stereocenters. The van der Waals surface area contributed by atoms with E-state index in [1.807, 2.05) is 0 Å². The van der Waals surface area contributed by atoms with Gasteiger partial charge in [0, 0.05) is 30.6 Å². The first kappa shape index (κ1) is 15.2. The van der Waals surface area contributed by atoms with Gasteiger partial charge in [-0.3, -0.25) is 10.1 Å². The second-order valence-corrected chi connectivity index (χ2v) is 6.35. The number of nitrogens with zero attached hydrogens (tertiary/aromatic N) is 1. The Kier molecular flexibility index (Phi) is 5.11. The number of sulfone groups is 1. The maximum Gasteiger partial charge on any atom is 0.275 e. The van der Waals surface area contributed by atoms with Gasteiger partial charge in [-0.25, -0.2) is 8.42 Å². The van der Waals surface area contributed by atoms with Crippen molar-refractivity contribution in [2.75, 3.05) is 31.0 Å². The molecule has 106 valence electrons. The Balaban J connectivity index is 2.67. The van der Waals surface area contributed by atoms with E-state index in [1.165, 1.54) is 25.5 Å². The molecule has 0 amide bonds. The normalized spacial score (nSPS) is 11.1. The number of benzene rings is 1. The van der Waals surface area contributed by atoms with E-state index >= 15 is 0 Å². The summed E-state index contributed by atoms with van der Waals surface area (Å²) in [6.45, 7) is 0.414. The molecule has 0 saturated carbocycles. The molecular weight excluding hydrogens is 272 g/mol. The van der Waals surface area contributed by atoms with Gasteiger partial charge in [-0.05, 0) is 6.42 Å². The van der Waals surface area contributed by atoms with Gasteiger partial charge in [0.1, 0.15) is 15.6 Å². The molecule has 0 aliphatic heterocycles. The number of hydrogen-bond donors (Lipinski definition) is 1. The summed E-state index contributed by atoms with van der Waals surface area (Å²) in [7, 11) is -1.56. The molecule has 0 aromatic heterocycles. The molecule has 0 atom stereocenters. The van der Waals surface area contributed by atoms with Crippen LogP contribution in [0.25, 0.3) is 0 Å². The van der Waals surface area contributed by atoms with Crippen LogP contribution in [-0.2, 0) is 9.84 Å². The summed E-state index contributed by atoms with van der Waals surface area (Å²) in [5.41, 5.74) is 0.449. The Bertz CT molecular complexity index is 556. The van der Waals surface area contributed by atoms with Gasteiger partial charge < -0.3 is 10.1 Å². The van der Waals surface area contributed by atoms with E-state index in [9.17, 15) is 18.5 Å². The molecule has 1 N–H and O–H groups in total. The number of methoxy groups -OCH3 is 1. The van der Waals surface area contributed by atoms with Crippen molar-refractivity contribution >= 4 is 21.2 Å². The van der Waals surface area contributed by atoms with Crippen molar-refractivity contribution in [3.05, 3.63) is 28.3 Å². The minimum atomic E-state index is -2.99. The molecule has 8 heteroatoms.